The number of hydrogen-bond donors (Lipinski definition) is 1. The summed E-state index contributed by atoms with van der Waals surface area (Å²) in [6.45, 7) is 1.38. The van der Waals surface area contributed by atoms with Crippen LogP contribution in [0.15, 0.2) is 29.9 Å². The molecule has 1 aliphatic heterocycles. The summed E-state index contributed by atoms with van der Waals surface area (Å²) >= 11 is 1.58. The Hall–Kier alpha value is -2.15. The molecule has 2 aromatic heterocycles. The molecule has 1 fully saturated rings. The van der Waals surface area contributed by atoms with Crippen LogP contribution < -0.4 is 15.1 Å². The van der Waals surface area contributed by atoms with Crippen LogP contribution in [0.5, 0.6) is 0 Å². The third-order valence-corrected chi connectivity index (χ3v) is 4.77. The molecule has 1 aliphatic rings. The second kappa shape index (κ2) is 6.95. The maximum atomic E-state index is 12.6. The Bertz CT molecular complexity index is 658. The average Bonchev–Trinajstić information content (AvgIpc) is 3.23. The SMILES string of the molecule is CN(C)c1ncccc1CNC(=O)[C@H]1CCCN1c1nccs1. The predicted molar refractivity (Wildman–Crippen MR) is 92.9 cm³/mol. The number of nitrogens with one attached hydrogen (secondary N) is 1. The fourth-order valence-corrected chi connectivity index (χ4v) is 3.62. The van der Waals surface area contributed by atoms with Crippen LogP contribution in [0, 0.1) is 0 Å². The van der Waals surface area contributed by atoms with Crippen molar-refractivity contribution in [1.82, 2.24) is 15.3 Å². The molecule has 0 bridgehead atoms. The Morgan fingerprint density at radius 2 is 2.30 bits per heavy atom. The van der Waals surface area contributed by atoms with Gasteiger partial charge in [0, 0.05) is 50.5 Å². The van der Waals surface area contributed by atoms with Gasteiger partial charge in [0.25, 0.3) is 0 Å². The second-order valence-corrected chi connectivity index (χ2v) is 6.64. The molecule has 6 nitrogen and oxygen atoms in total. The van der Waals surface area contributed by atoms with Gasteiger partial charge in [0.1, 0.15) is 11.9 Å². The molecule has 0 spiro atoms. The van der Waals surface area contributed by atoms with Crippen molar-refractivity contribution in [1.29, 1.82) is 0 Å². The highest BCUT2D eigenvalue weighted by Gasteiger charge is 2.32. The van der Waals surface area contributed by atoms with Crippen LogP contribution >= 0.6 is 11.3 Å². The number of amides is 1. The number of rotatable bonds is 5. The fourth-order valence-electron chi connectivity index (χ4n) is 2.90. The molecular weight excluding hydrogens is 310 g/mol. The molecule has 0 unspecified atom stereocenters. The van der Waals surface area contributed by atoms with Crippen molar-refractivity contribution in [2.45, 2.75) is 25.4 Å². The lowest BCUT2D eigenvalue weighted by atomic mass is 10.2. The maximum Gasteiger partial charge on any atom is 0.243 e. The smallest absolute Gasteiger partial charge is 0.243 e. The number of carbonyl (C=O) groups is 1. The third kappa shape index (κ3) is 3.44. The van der Waals surface area contributed by atoms with E-state index in [9.17, 15) is 4.79 Å². The number of thiazole rings is 1. The Labute approximate surface area is 140 Å². The highest BCUT2D eigenvalue weighted by molar-refractivity contribution is 7.13. The normalized spacial score (nSPS) is 17.3. The van der Waals surface area contributed by atoms with E-state index in [1.54, 1.807) is 23.7 Å². The Morgan fingerprint density at radius 1 is 1.43 bits per heavy atom. The van der Waals surface area contributed by atoms with Crippen LogP contribution in [-0.4, -0.2) is 42.6 Å². The van der Waals surface area contributed by atoms with Gasteiger partial charge in [-0.2, -0.15) is 0 Å². The van der Waals surface area contributed by atoms with Crippen LogP contribution in [-0.2, 0) is 11.3 Å². The molecule has 23 heavy (non-hydrogen) atoms. The molecule has 0 radical (unpaired) electrons. The maximum absolute atomic E-state index is 12.6. The summed E-state index contributed by atoms with van der Waals surface area (Å²) in [5.41, 5.74) is 1.02. The van der Waals surface area contributed by atoms with E-state index >= 15 is 0 Å². The van der Waals surface area contributed by atoms with Gasteiger partial charge in [0.05, 0.1) is 0 Å². The zero-order valence-electron chi connectivity index (χ0n) is 13.4. The Morgan fingerprint density at radius 3 is 3.04 bits per heavy atom. The second-order valence-electron chi connectivity index (χ2n) is 5.76. The fraction of sp³-hybridized carbons (Fsp3) is 0.438. The minimum Gasteiger partial charge on any atom is -0.362 e. The van der Waals surface area contributed by atoms with Crippen molar-refractivity contribution in [3.8, 4) is 0 Å². The van der Waals surface area contributed by atoms with E-state index < -0.39 is 0 Å². The Kier molecular flexibility index (Phi) is 4.76. The topological polar surface area (TPSA) is 61.4 Å². The minimum absolute atomic E-state index is 0.0614. The summed E-state index contributed by atoms with van der Waals surface area (Å²) in [6, 6.07) is 3.77. The summed E-state index contributed by atoms with van der Waals surface area (Å²) in [5.74, 6) is 0.947. The molecule has 1 amide bonds. The van der Waals surface area contributed by atoms with Crippen molar-refractivity contribution in [2.75, 3.05) is 30.4 Å². The van der Waals surface area contributed by atoms with Crippen molar-refractivity contribution >= 4 is 28.2 Å². The van der Waals surface area contributed by atoms with Crippen LogP contribution in [0.4, 0.5) is 10.9 Å². The molecule has 1 saturated heterocycles. The molecule has 0 aromatic carbocycles. The number of aromatic nitrogens is 2. The lowest BCUT2D eigenvalue weighted by molar-refractivity contribution is -0.122. The molecule has 122 valence electrons. The van der Waals surface area contributed by atoms with E-state index in [2.05, 4.69) is 20.2 Å². The zero-order valence-corrected chi connectivity index (χ0v) is 14.2. The van der Waals surface area contributed by atoms with E-state index in [0.29, 0.717) is 6.54 Å². The number of pyridine rings is 1. The summed E-state index contributed by atoms with van der Waals surface area (Å²) < 4.78 is 0. The van der Waals surface area contributed by atoms with E-state index in [0.717, 1.165) is 35.9 Å². The van der Waals surface area contributed by atoms with E-state index in [4.69, 9.17) is 0 Å². The first-order chi connectivity index (χ1) is 11.2. The summed E-state index contributed by atoms with van der Waals surface area (Å²) in [7, 11) is 3.91. The number of hydrogen-bond acceptors (Lipinski definition) is 6. The summed E-state index contributed by atoms with van der Waals surface area (Å²) in [6.07, 6.45) is 5.45. The van der Waals surface area contributed by atoms with Gasteiger partial charge in [0.15, 0.2) is 5.13 Å². The van der Waals surface area contributed by atoms with Crippen LogP contribution in [0.3, 0.4) is 0 Å². The van der Waals surface area contributed by atoms with E-state index in [1.807, 2.05) is 36.5 Å². The van der Waals surface area contributed by atoms with Crippen molar-refractivity contribution in [3.05, 3.63) is 35.5 Å². The zero-order chi connectivity index (χ0) is 16.2. The highest BCUT2D eigenvalue weighted by atomic mass is 32.1. The van der Waals surface area contributed by atoms with Gasteiger partial charge < -0.3 is 15.1 Å². The van der Waals surface area contributed by atoms with Gasteiger partial charge >= 0.3 is 0 Å². The lowest BCUT2D eigenvalue weighted by Gasteiger charge is -2.23. The van der Waals surface area contributed by atoms with Gasteiger partial charge in [-0.1, -0.05) is 6.07 Å². The van der Waals surface area contributed by atoms with Crippen molar-refractivity contribution in [2.24, 2.45) is 0 Å². The van der Waals surface area contributed by atoms with E-state index in [-0.39, 0.29) is 11.9 Å². The molecule has 0 aliphatic carbocycles. The highest BCUT2D eigenvalue weighted by Crippen LogP contribution is 2.27. The molecular formula is C16H21N5OS. The molecule has 0 saturated carbocycles. The van der Waals surface area contributed by atoms with Gasteiger partial charge in [-0.05, 0) is 18.9 Å². The number of anilines is 2. The van der Waals surface area contributed by atoms with Crippen LogP contribution in [0.2, 0.25) is 0 Å². The van der Waals surface area contributed by atoms with Gasteiger partial charge in [-0.25, -0.2) is 9.97 Å². The third-order valence-electron chi connectivity index (χ3n) is 3.96. The van der Waals surface area contributed by atoms with Gasteiger partial charge in [-0.3, -0.25) is 4.79 Å². The van der Waals surface area contributed by atoms with Crippen LogP contribution in [0.25, 0.3) is 0 Å². The minimum atomic E-state index is -0.124. The van der Waals surface area contributed by atoms with Gasteiger partial charge in [0.2, 0.25) is 5.91 Å². The molecule has 1 atom stereocenters. The molecule has 1 N–H and O–H groups in total. The largest absolute Gasteiger partial charge is 0.362 e. The Balaban J connectivity index is 1.66. The standard InChI is InChI=1S/C16H21N5OS/c1-20(2)14-12(5-3-7-17-14)11-19-15(22)13-6-4-9-21(13)16-18-8-10-23-16/h3,5,7-8,10,13H,4,6,9,11H2,1-2H3,(H,19,22)/t13-/m1/s1. The quantitative estimate of drug-likeness (QED) is 0.906. The van der Waals surface area contributed by atoms with Crippen molar-refractivity contribution in [3.63, 3.8) is 0 Å². The molecule has 7 heteroatoms. The lowest BCUT2D eigenvalue weighted by Crippen LogP contribution is -2.43. The first kappa shape index (κ1) is 15.7. The monoisotopic (exact) mass is 331 g/mol. The average molecular weight is 331 g/mol. The molecule has 2 aromatic rings. The van der Waals surface area contributed by atoms with E-state index in [1.165, 1.54) is 0 Å². The number of carbonyl (C=O) groups excluding carboxylic acids is 1. The summed E-state index contributed by atoms with van der Waals surface area (Å²) in [5, 5.41) is 5.93. The molecule has 3 rings (SSSR count). The van der Waals surface area contributed by atoms with Crippen molar-refractivity contribution < 1.29 is 4.79 Å². The number of nitrogens with zero attached hydrogens (tertiary/aromatic N) is 4. The summed E-state index contributed by atoms with van der Waals surface area (Å²) in [4.78, 5) is 25.4. The first-order valence-corrected chi connectivity index (χ1v) is 8.60. The predicted octanol–water partition coefficient (Wildman–Crippen LogP) is 1.89. The first-order valence-electron chi connectivity index (χ1n) is 7.72. The van der Waals surface area contributed by atoms with Gasteiger partial charge in [-0.15, -0.1) is 11.3 Å². The van der Waals surface area contributed by atoms with Crippen LogP contribution in [0.1, 0.15) is 18.4 Å². The molecule has 3 heterocycles.